The van der Waals surface area contributed by atoms with Crippen LogP contribution in [0.5, 0.6) is 0 Å². The molecule has 0 radical (unpaired) electrons. The molecule has 3 unspecified atom stereocenters. The Kier molecular flexibility index (Phi) is 3.58. The molecule has 0 aromatic heterocycles. The first-order chi connectivity index (χ1) is 10.1. The Balaban J connectivity index is 2.00. The van der Waals surface area contributed by atoms with Gasteiger partial charge in [-0.1, -0.05) is 38.1 Å². The smallest absolute Gasteiger partial charge is 0.336 e. The van der Waals surface area contributed by atoms with Gasteiger partial charge in [0.2, 0.25) is 0 Å². The summed E-state index contributed by atoms with van der Waals surface area (Å²) in [6, 6.07) is 11.8. The van der Waals surface area contributed by atoms with Gasteiger partial charge in [-0.3, -0.25) is 0 Å². The van der Waals surface area contributed by atoms with Crippen molar-refractivity contribution in [1.29, 1.82) is 0 Å². The van der Waals surface area contributed by atoms with Gasteiger partial charge in [-0.25, -0.2) is 4.79 Å². The zero-order valence-electron chi connectivity index (χ0n) is 12.5. The van der Waals surface area contributed by atoms with Crippen LogP contribution in [0.3, 0.4) is 0 Å². The number of nitrogens with one attached hydrogen (secondary N) is 1. The lowest BCUT2D eigenvalue weighted by Gasteiger charge is -2.22. The lowest BCUT2D eigenvalue weighted by atomic mass is 9.97. The molecule has 2 N–H and O–H groups in total. The first-order valence-electron chi connectivity index (χ1n) is 7.59. The number of anilines is 1. The molecule has 2 aromatic rings. The van der Waals surface area contributed by atoms with Crippen molar-refractivity contribution >= 4 is 22.4 Å². The first kappa shape index (κ1) is 13.9. The number of fused-ring (bicyclic) bond motifs is 1. The van der Waals surface area contributed by atoms with Crippen LogP contribution in [0.15, 0.2) is 36.4 Å². The summed E-state index contributed by atoms with van der Waals surface area (Å²) in [5.74, 6) is 0.510. The van der Waals surface area contributed by atoms with Gasteiger partial charge >= 0.3 is 5.97 Å². The first-order valence-corrected chi connectivity index (χ1v) is 7.59. The predicted molar refractivity (Wildman–Crippen MR) is 85.9 cm³/mol. The molecule has 0 spiro atoms. The average Bonchev–Trinajstić information content (AvgIpc) is 2.79. The lowest BCUT2D eigenvalue weighted by molar-refractivity contribution is 0.0699. The molecule has 0 amide bonds. The maximum absolute atomic E-state index is 11.3. The van der Waals surface area contributed by atoms with Crippen LogP contribution in [-0.2, 0) is 0 Å². The number of aromatic carboxylic acids is 1. The summed E-state index contributed by atoms with van der Waals surface area (Å²) in [5, 5.41) is 14.7. The maximum atomic E-state index is 11.3. The number of carbonyl (C=O) groups is 1. The van der Waals surface area contributed by atoms with E-state index in [9.17, 15) is 9.90 Å². The molecule has 3 heteroatoms. The quantitative estimate of drug-likeness (QED) is 0.878. The summed E-state index contributed by atoms with van der Waals surface area (Å²) < 4.78 is 0. The number of rotatable bonds is 3. The third-order valence-corrected chi connectivity index (χ3v) is 4.96. The Labute approximate surface area is 125 Å². The van der Waals surface area contributed by atoms with Crippen LogP contribution in [0.1, 0.15) is 37.0 Å². The molecule has 21 heavy (non-hydrogen) atoms. The molecule has 0 saturated heterocycles. The number of hydrogen-bond acceptors (Lipinski definition) is 2. The van der Waals surface area contributed by atoms with Gasteiger partial charge in [0.1, 0.15) is 0 Å². The van der Waals surface area contributed by atoms with E-state index in [1.54, 1.807) is 6.07 Å². The molecule has 1 saturated carbocycles. The molecule has 1 aliphatic rings. The van der Waals surface area contributed by atoms with Crippen LogP contribution in [0.4, 0.5) is 5.69 Å². The second-order valence-corrected chi connectivity index (χ2v) is 6.18. The summed E-state index contributed by atoms with van der Waals surface area (Å²) in [6.45, 7) is 4.60. The van der Waals surface area contributed by atoms with Crippen molar-refractivity contribution in [2.45, 2.75) is 32.7 Å². The SMILES string of the molecule is CC1CCC(Nc2ccc(C(=O)O)c3ccccc23)C1C. The van der Waals surface area contributed by atoms with Gasteiger partial charge in [0.25, 0.3) is 0 Å². The highest BCUT2D eigenvalue weighted by molar-refractivity contribution is 6.07. The second-order valence-electron chi connectivity index (χ2n) is 6.18. The zero-order valence-corrected chi connectivity index (χ0v) is 12.5. The molecule has 3 nitrogen and oxygen atoms in total. The number of benzene rings is 2. The Morgan fingerprint density at radius 3 is 2.43 bits per heavy atom. The highest BCUT2D eigenvalue weighted by atomic mass is 16.4. The van der Waals surface area contributed by atoms with Gasteiger partial charge in [-0.05, 0) is 42.2 Å². The molecule has 3 rings (SSSR count). The third-order valence-electron chi connectivity index (χ3n) is 4.96. The molecule has 1 fully saturated rings. The van der Waals surface area contributed by atoms with E-state index in [0.29, 0.717) is 17.5 Å². The minimum absolute atomic E-state index is 0.365. The molecule has 1 aliphatic carbocycles. The molecular formula is C18H21NO2. The lowest BCUT2D eigenvalue weighted by Crippen LogP contribution is -2.24. The van der Waals surface area contributed by atoms with Gasteiger partial charge in [-0.2, -0.15) is 0 Å². The van der Waals surface area contributed by atoms with E-state index in [2.05, 4.69) is 19.2 Å². The number of carboxylic acids is 1. The summed E-state index contributed by atoms with van der Waals surface area (Å²) >= 11 is 0. The van der Waals surface area contributed by atoms with E-state index in [1.807, 2.05) is 30.3 Å². The fourth-order valence-corrected chi connectivity index (χ4v) is 3.38. The average molecular weight is 283 g/mol. The Morgan fingerprint density at radius 2 is 1.81 bits per heavy atom. The van der Waals surface area contributed by atoms with Crippen molar-refractivity contribution in [3.8, 4) is 0 Å². The molecule has 0 bridgehead atoms. The Morgan fingerprint density at radius 1 is 1.10 bits per heavy atom. The van der Waals surface area contributed by atoms with Crippen molar-refractivity contribution in [2.24, 2.45) is 11.8 Å². The highest BCUT2D eigenvalue weighted by Crippen LogP contribution is 2.35. The van der Waals surface area contributed by atoms with Crippen LogP contribution >= 0.6 is 0 Å². The van der Waals surface area contributed by atoms with Crippen molar-refractivity contribution in [3.05, 3.63) is 42.0 Å². The van der Waals surface area contributed by atoms with Crippen molar-refractivity contribution < 1.29 is 9.90 Å². The molecular weight excluding hydrogens is 262 g/mol. The van der Waals surface area contributed by atoms with Gasteiger partial charge in [0.15, 0.2) is 0 Å². The minimum atomic E-state index is -0.874. The predicted octanol–water partition coefficient (Wildman–Crippen LogP) is 4.38. The van der Waals surface area contributed by atoms with E-state index < -0.39 is 5.97 Å². The highest BCUT2D eigenvalue weighted by Gasteiger charge is 2.29. The molecule has 3 atom stereocenters. The van der Waals surface area contributed by atoms with Crippen LogP contribution in [0.2, 0.25) is 0 Å². The topological polar surface area (TPSA) is 49.3 Å². The van der Waals surface area contributed by atoms with Gasteiger partial charge in [0.05, 0.1) is 5.56 Å². The van der Waals surface area contributed by atoms with Crippen LogP contribution in [0, 0.1) is 11.8 Å². The maximum Gasteiger partial charge on any atom is 0.336 e. The van der Waals surface area contributed by atoms with Crippen LogP contribution < -0.4 is 5.32 Å². The third kappa shape index (κ3) is 2.48. The van der Waals surface area contributed by atoms with Crippen molar-refractivity contribution in [1.82, 2.24) is 0 Å². The Bertz CT molecular complexity index is 680. The van der Waals surface area contributed by atoms with E-state index in [-0.39, 0.29) is 0 Å². The fraction of sp³-hybridized carbons (Fsp3) is 0.389. The molecule has 110 valence electrons. The Hall–Kier alpha value is -2.03. The summed E-state index contributed by atoms with van der Waals surface area (Å²) in [6.07, 6.45) is 2.43. The monoisotopic (exact) mass is 283 g/mol. The summed E-state index contributed by atoms with van der Waals surface area (Å²) in [7, 11) is 0. The molecule has 0 heterocycles. The number of hydrogen-bond donors (Lipinski definition) is 2. The minimum Gasteiger partial charge on any atom is -0.478 e. The van der Waals surface area contributed by atoms with E-state index in [4.69, 9.17) is 0 Å². The van der Waals surface area contributed by atoms with Crippen LogP contribution in [0.25, 0.3) is 10.8 Å². The number of carboxylic acid groups (broad SMARTS) is 1. The molecule has 2 aromatic carbocycles. The van der Waals surface area contributed by atoms with E-state index in [1.165, 1.54) is 12.8 Å². The van der Waals surface area contributed by atoms with E-state index in [0.717, 1.165) is 22.4 Å². The largest absolute Gasteiger partial charge is 0.478 e. The van der Waals surface area contributed by atoms with Gasteiger partial charge in [-0.15, -0.1) is 0 Å². The fourth-order valence-electron chi connectivity index (χ4n) is 3.38. The van der Waals surface area contributed by atoms with Crippen LogP contribution in [-0.4, -0.2) is 17.1 Å². The second kappa shape index (κ2) is 5.40. The van der Waals surface area contributed by atoms with Gasteiger partial charge < -0.3 is 10.4 Å². The van der Waals surface area contributed by atoms with Crippen molar-refractivity contribution in [2.75, 3.05) is 5.32 Å². The zero-order chi connectivity index (χ0) is 15.0. The summed E-state index contributed by atoms with van der Waals surface area (Å²) in [4.78, 5) is 11.3. The van der Waals surface area contributed by atoms with Gasteiger partial charge in [0, 0.05) is 17.1 Å². The normalized spacial score (nSPS) is 25.1. The summed E-state index contributed by atoms with van der Waals surface area (Å²) in [5.41, 5.74) is 1.41. The standard InChI is InChI=1S/C18H21NO2/c1-11-7-9-16(12(11)2)19-17-10-8-15(18(20)21)13-5-3-4-6-14(13)17/h3-6,8,10-12,16,19H,7,9H2,1-2H3,(H,20,21). The molecule has 0 aliphatic heterocycles. The van der Waals surface area contributed by atoms with E-state index >= 15 is 0 Å². The van der Waals surface area contributed by atoms with Crippen molar-refractivity contribution in [3.63, 3.8) is 0 Å².